The number of ether oxygens (including phenoxy) is 1. The molecule has 2 unspecified atom stereocenters. The molecule has 1 aliphatic heterocycles. The minimum atomic E-state index is -1.75. The predicted octanol–water partition coefficient (Wildman–Crippen LogP) is -2.46. The highest BCUT2D eigenvalue weighted by Gasteiger charge is 2.76. The van der Waals surface area contributed by atoms with E-state index in [0.29, 0.717) is 0 Å². The number of aromatic amines is 1. The van der Waals surface area contributed by atoms with E-state index in [4.69, 9.17) is 15.7 Å². The molecule has 2 aromatic rings. The van der Waals surface area contributed by atoms with E-state index in [1.54, 1.807) is 0 Å². The van der Waals surface area contributed by atoms with Crippen molar-refractivity contribution >= 4 is 17.0 Å². The van der Waals surface area contributed by atoms with Gasteiger partial charge in [0.1, 0.15) is 29.8 Å². The minimum Gasteiger partial charge on any atom is -0.387 e. The average Bonchev–Trinajstić information content (AvgIpc) is 2.77. The summed E-state index contributed by atoms with van der Waals surface area (Å²) in [7, 11) is 0. The Kier molecular flexibility index (Phi) is 2.31. The number of nitrogen functional groups attached to an aromatic ring is 1. The second-order valence-electron chi connectivity index (χ2n) is 5.44. The van der Waals surface area contributed by atoms with Gasteiger partial charge in [-0.25, -0.2) is 0 Å². The van der Waals surface area contributed by atoms with Crippen LogP contribution in [-0.4, -0.2) is 53.8 Å². The van der Waals surface area contributed by atoms with Gasteiger partial charge in [-0.15, -0.1) is 0 Å². The fourth-order valence-corrected chi connectivity index (χ4v) is 2.99. The number of nitrogens with two attached hydrogens (primary N) is 1. The third-order valence-electron chi connectivity index (χ3n) is 4.23. The summed E-state index contributed by atoms with van der Waals surface area (Å²) in [5.41, 5.74) is 3.26. The molecule has 0 amide bonds. The highest BCUT2D eigenvalue weighted by Crippen LogP contribution is 2.53. The number of H-pyrrole nitrogens is 1. The Bertz CT molecular complexity index is 898. The molecule has 0 spiro atoms. The van der Waals surface area contributed by atoms with Crippen LogP contribution in [0, 0.1) is 11.3 Å². The monoisotopic (exact) mass is 305 g/mol. The molecular weight excluding hydrogens is 294 g/mol. The molecule has 1 saturated carbocycles. The summed E-state index contributed by atoms with van der Waals surface area (Å²) >= 11 is 0. The second-order valence-corrected chi connectivity index (χ2v) is 5.44. The molecule has 10 heteroatoms. The second kappa shape index (κ2) is 3.84. The molecule has 2 aliphatic rings. The van der Waals surface area contributed by atoms with Crippen LogP contribution in [0.1, 0.15) is 11.8 Å². The molecule has 0 aromatic carbocycles. The first kappa shape index (κ1) is 13.2. The Morgan fingerprint density at radius 3 is 2.82 bits per heavy atom. The predicted molar refractivity (Wildman–Crippen MR) is 70.4 cm³/mol. The molecule has 0 radical (unpaired) electrons. The van der Waals surface area contributed by atoms with Crippen molar-refractivity contribution in [1.82, 2.24) is 14.5 Å². The topological polar surface area (TPSA) is 170 Å². The summed E-state index contributed by atoms with van der Waals surface area (Å²) in [6.45, 7) is 0. The van der Waals surface area contributed by atoms with Crippen LogP contribution in [-0.2, 0) is 4.74 Å². The summed E-state index contributed by atoms with van der Waals surface area (Å²) in [6.07, 6.45) is -3.32. The third-order valence-corrected chi connectivity index (χ3v) is 4.23. The lowest BCUT2D eigenvalue weighted by atomic mass is 10.1. The number of aromatic nitrogens is 3. The SMILES string of the molecule is N#Cc1cn(C2O[C@@H]3C(O)[C@]3(O)[C@H]2O)c2nc(N)[nH]c(=O)c12. The number of aliphatic hydroxyl groups is 3. The number of nitrogens with zero attached hydrogens (tertiary/aromatic N) is 3. The van der Waals surface area contributed by atoms with Gasteiger partial charge in [-0.05, 0) is 0 Å². The van der Waals surface area contributed by atoms with Gasteiger partial charge in [-0.2, -0.15) is 10.2 Å². The first-order valence-electron chi connectivity index (χ1n) is 6.44. The lowest BCUT2D eigenvalue weighted by Gasteiger charge is -2.22. The minimum absolute atomic E-state index is 0.0145. The molecule has 1 aliphatic carbocycles. The van der Waals surface area contributed by atoms with Gasteiger partial charge in [-0.1, -0.05) is 0 Å². The summed E-state index contributed by atoms with van der Waals surface area (Å²) in [4.78, 5) is 18.2. The first-order valence-corrected chi connectivity index (χ1v) is 6.44. The highest BCUT2D eigenvalue weighted by molar-refractivity contribution is 5.83. The summed E-state index contributed by atoms with van der Waals surface area (Å²) in [5.74, 6) is -0.155. The van der Waals surface area contributed by atoms with E-state index in [2.05, 4.69) is 9.97 Å². The van der Waals surface area contributed by atoms with Crippen molar-refractivity contribution in [2.45, 2.75) is 30.1 Å². The van der Waals surface area contributed by atoms with Gasteiger partial charge >= 0.3 is 0 Å². The quantitative estimate of drug-likeness (QED) is 0.386. The molecular formula is C12H11N5O5. The zero-order valence-corrected chi connectivity index (χ0v) is 11.0. The zero-order chi connectivity index (χ0) is 15.8. The number of nitrogens with one attached hydrogen (secondary N) is 1. The molecule has 22 heavy (non-hydrogen) atoms. The number of anilines is 1. The van der Waals surface area contributed by atoms with Crippen LogP contribution in [0.25, 0.3) is 11.0 Å². The highest BCUT2D eigenvalue weighted by atomic mass is 16.6. The number of nitriles is 1. The number of fused-ring (bicyclic) bond motifs is 2. The largest absolute Gasteiger partial charge is 0.387 e. The molecule has 1 saturated heterocycles. The van der Waals surface area contributed by atoms with Crippen molar-refractivity contribution in [2.24, 2.45) is 0 Å². The first-order chi connectivity index (χ1) is 10.4. The average molecular weight is 305 g/mol. The van der Waals surface area contributed by atoms with Crippen LogP contribution in [0.2, 0.25) is 0 Å². The van der Waals surface area contributed by atoms with E-state index in [9.17, 15) is 20.1 Å². The van der Waals surface area contributed by atoms with Crippen LogP contribution in [0.5, 0.6) is 0 Å². The fraction of sp³-hybridized carbons (Fsp3) is 0.417. The summed E-state index contributed by atoms with van der Waals surface area (Å²) in [5, 5.41) is 38.9. The third kappa shape index (κ3) is 1.36. The smallest absolute Gasteiger partial charge is 0.263 e. The van der Waals surface area contributed by atoms with Gasteiger partial charge < -0.3 is 30.4 Å². The van der Waals surface area contributed by atoms with E-state index in [1.165, 1.54) is 10.8 Å². The fourth-order valence-electron chi connectivity index (χ4n) is 2.99. The normalized spacial score (nSPS) is 36.3. The Hall–Kier alpha value is -2.45. The number of hydrogen-bond acceptors (Lipinski definition) is 8. The van der Waals surface area contributed by atoms with Crippen molar-refractivity contribution < 1.29 is 20.1 Å². The Morgan fingerprint density at radius 1 is 1.50 bits per heavy atom. The van der Waals surface area contributed by atoms with E-state index in [1.807, 2.05) is 6.07 Å². The van der Waals surface area contributed by atoms with Crippen LogP contribution in [0.3, 0.4) is 0 Å². The van der Waals surface area contributed by atoms with E-state index >= 15 is 0 Å². The maximum absolute atomic E-state index is 11.9. The van der Waals surface area contributed by atoms with Crippen molar-refractivity contribution in [3.8, 4) is 6.07 Å². The molecule has 3 heterocycles. The molecule has 5 atom stereocenters. The summed E-state index contributed by atoms with van der Waals surface area (Å²) in [6, 6.07) is 1.86. The van der Waals surface area contributed by atoms with Gasteiger partial charge in [-0.3, -0.25) is 9.78 Å². The Labute approximate surface area is 122 Å². The molecule has 4 rings (SSSR count). The standard InChI is InChI=1S/C12H11N5O5/c13-1-3-2-17(8-4(3)9(20)16-11(14)15-8)10-6(19)12(21)5(18)7(12)22-10/h2,5-7,10,18-19,21H,(H3,14,15,16,20)/t5?,6-,7+,10?,12-/m0/s1. The molecule has 6 N–H and O–H groups in total. The van der Waals surface area contributed by atoms with Crippen molar-refractivity contribution in [3.05, 3.63) is 22.1 Å². The lowest BCUT2D eigenvalue weighted by Crippen LogP contribution is -2.36. The van der Waals surface area contributed by atoms with E-state index in [0.717, 1.165) is 0 Å². The van der Waals surface area contributed by atoms with Crippen LogP contribution < -0.4 is 11.3 Å². The number of rotatable bonds is 1. The van der Waals surface area contributed by atoms with Crippen LogP contribution in [0.15, 0.2) is 11.0 Å². The van der Waals surface area contributed by atoms with Gasteiger partial charge in [0.25, 0.3) is 5.56 Å². The van der Waals surface area contributed by atoms with E-state index in [-0.39, 0.29) is 22.5 Å². The van der Waals surface area contributed by atoms with Crippen LogP contribution >= 0.6 is 0 Å². The van der Waals surface area contributed by atoms with Gasteiger partial charge in [0, 0.05) is 6.20 Å². The Balaban J connectivity index is 1.91. The van der Waals surface area contributed by atoms with Crippen molar-refractivity contribution in [1.29, 1.82) is 5.26 Å². The number of hydrogen-bond donors (Lipinski definition) is 5. The van der Waals surface area contributed by atoms with Crippen molar-refractivity contribution in [3.63, 3.8) is 0 Å². The van der Waals surface area contributed by atoms with E-state index < -0.39 is 35.7 Å². The zero-order valence-electron chi connectivity index (χ0n) is 11.0. The van der Waals surface area contributed by atoms with Gasteiger partial charge in [0.2, 0.25) is 5.95 Å². The maximum Gasteiger partial charge on any atom is 0.263 e. The van der Waals surface area contributed by atoms with Gasteiger partial charge in [0.15, 0.2) is 17.5 Å². The molecule has 10 nitrogen and oxygen atoms in total. The van der Waals surface area contributed by atoms with Crippen molar-refractivity contribution in [2.75, 3.05) is 5.73 Å². The van der Waals surface area contributed by atoms with Gasteiger partial charge in [0.05, 0.1) is 5.56 Å². The maximum atomic E-state index is 11.9. The van der Waals surface area contributed by atoms with Crippen LogP contribution in [0.4, 0.5) is 5.95 Å². The Morgan fingerprint density at radius 2 is 2.23 bits per heavy atom. The molecule has 114 valence electrons. The molecule has 0 bridgehead atoms. The summed E-state index contributed by atoms with van der Waals surface area (Å²) < 4.78 is 6.67. The molecule has 2 aromatic heterocycles. The lowest BCUT2D eigenvalue weighted by molar-refractivity contribution is -0.0940. The molecule has 2 fully saturated rings. The number of aliphatic hydroxyl groups excluding tert-OH is 2.